The molecule has 1 aromatic rings. The molecule has 2 saturated heterocycles. The third-order valence-corrected chi connectivity index (χ3v) is 4.83. The number of hydrogen-bond acceptors (Lipinski definition) is 5. The molecule has 6 nitrogen and oxygen atoms in total. The second-order valence-electron chi connectivity index (χ2n) is 6.83. The normalized spacial score (nSPS) is 24.9. The van der Waals surface area contributed by atoms with Gasteiger partial charge in [-0.3, -0.25) is 4.90 Å². The van der Waals surface area contributed by atoms with Gasteiger partial charge in [0.25, 0.3) is 0 Å². The number of fused-ring (bicyclic) bond motifs is 1. The highest BCUT2D eigenvalue weighted by Crippen LogP contribution is 2.41. The average molecular weight is 391 g/mol. The monoisotopic (exact) mass is 391 g/mol. The van der Waals surface area contributed by atoms with E-state index in [1.54, 1.807) is 14.2 Å². The Morgan fingerprint density at radius 1 is 1.33 bits per heavy atom. The lowest BCUT2D eigenvalue weighted by atomic mass is 9.82. The van der Waals surface area contributed by atoms with Crippen LogP contribution in [0.1, 0.15) is 5.56 Å². The van der Waals surface area contributed by atoms with Gasteiger partial charge >= 0.3 is 12.1 Å². The Bertz CT molecular complexity index is 622. The van der Waals surface area contributed by atoms with E-state index in [2.05, 4.69) is 17.0 Å². The minimum Gasteiger partial charge on any atom is -0.497 e. The molecule has 1 aromatic carbocycles. The lowest BCUT2D eigenvalue weighted by molar-refractivity contribution is -0.192. The maximum atomic E-state index is 10.6. The number of ether oxygens (including phenoxy) is 3. The van der Waals surface area contributed by atoms with Crippen molar-refractivity contribution in [3.05, 3.63) is 29.8 Å². The van der Waals surface area contributed by atoms with Gasteiger partial charge in [0.15, 0.2) is 0 Å². The van der Waals surface area contributed by atoms with Crippen molar-refractivity contribution in [2.24, 2.45) is 11.3 Å². The highest BCUT2D eigenvalue weighted by Gasteiger charge is 2.50. The van der Waals surface area contributed by atoms with Crippen LogP contribution in [0.15, 0.2) is 24.3 Å². The van der Waals surface area contributed by atoms with Crippen LogP contribution >= 0.6 is 0 Å². The molecule has 152 valence electrons. The molecule has 0 radical (unpaired) electrons. The summed E-state index contributed by atoms with van der Waals surface area (Å²) in [5, 5.41) is 7.12. The first kappa shape index (κ1) is 21.5. The van der Waals surface area contributed by atoms with E-state index in [4.69, 9.17) is 24.1 Å². The van der Waals surface area contributed by atoms with E-state index in [9.17, 15) is 13.2 Å². The lowest BCUT2D eigenvalue weighted by Crippen LogP contribution is -2.35. The molecule has 9 heteroatoms. The molecule has 0 aromatic heterocycles. The summed E-state index contributed by atoms with van der Waals surface area (Å²) in [5.41, 5.74) is 1.54. The predicted molar refractivity (Wildman–Crippen MR) is 90.6 cm³/mol. The third-order valence-electron chi connectivity index (χ3n) is 4.83. The van der Waals surface area contributed by atoms with Crippen LogP contribution in [0.4, 0.5) is 13.2 Å². The number of halogens is 3. The van der Waals surface area contributed by atoms with Crippen molar-refractivity contribution in [3.63, 3.8) is 0 Å². The maximum absolute atomic E-state index is 10.6. The van der Waals surface area contributed by atoms with Crippen LogP contribution in [-0.4, -0.2) is 69.3 Å². The van der Waals surface area contributed by atoms with E-state index in [0.29, 0.717) is 5.92 Å². The molecule has 0 spiro atoms. The van der Waals surface area contributed by atoms with Crippen LogP contribution in [0.2, 0.25) is 0 Å². The van der Waals surface area contributed by atoms with Crippen molar-refractivity contribution in [2.45, 2.75) is 12.7 Å². The molecule has 0 bridgehead atoms. The molecule has 0 saturated carbocycles. The van der Waals surface area contributed by atoms with E-state index >= 15 is 0 Å². The summed E-state index contributed by atoms with van der Waals surface area (Å²) >= 11 is 0. The number of benzene rings is 1. The standard InChI is InChI=1S/C16H23NO3.C2HF3O2/c1-18-11-16-10-17(8-14(16)9-20-12-16)7-13-3-5-15(19-2)6-4-13;3-2(4,5)1(6)7/h3-6,14H,7-12H2,1-2H3;(H,6,7)/t14-,16-;/m1./s1. The minimum atomic E-state index is -5.08. The van der Waals surface area contributed by atoms with Gasteiger partial charge in [-0.25, -0.2) is 4.79 Å². The summed E-state index contributed by atoms with van der Waals surface area (Å²) in [6.45, 7) is 5.68. The van der Waals surface area contributed by atoms with Crippen LogP contribution in [0.3, 0.4) is 0 Å². The molecule has 0 aliphatic carbocycles. The first-order chi connectivity index (χ1) is 12.7. The summed E-state index contributed by atoms with van der Waals surface area (Å²) in [4.78, 5) is 11.4. The number of carboxylic acid groups (broad SMARTS) is 1. The molecule has 2 aliphatic rings. The molecule has 2 fully saturated rings. The SMILES string of the molecule is COC[C@]12COC[C@H]1CN(Cc1ccc(OC)cc1)C2.O=C(O)C(F)(F)F. The molecule has 3 rings (SSSR count). The molecular weight excluding hydrogens is 367 g/mol. The fourth-order valence-corrected chi connectivity index (χ4v) is 3.54. The topological polar surface area (TPSA) is 68.2 Å². The number of carboxylic acids is 1. The molecule has 1 N–H and O–H groups in total. The van der Waals surface area contributed by atoms with Crippen molar-refractivity contribution >= 4 is 5.97 Å². The van der Waals surface area contributed by atoms with E-state index in [-0.39, 0.29) is 5.41 Å². The Kier molecular flexibility index (Phi) is 7.07. The number of hydrogen-bond donors (Lipinski definition) is 1. The van der Waals surface area contributed by atoms with Gasteiger partial charge in [0.1, 0.15) is 5.75 Å². The quantitative estimate of drug-likeness (QED) is 0.832. The second kappa shape index (κ2) is 8.90. The average Bonchev–Trinajstić information content (AvgIpc) is 3.12. The van der Waals surface area contributed by atoms with Crippen LogP contribution in [0.5, 0.6) is 5.75 Å². The lowest BCUT2D eigenvalue weighted by Gasteiger charge is -2.26. The zero-order chi connectivity index (χ0) is 20.1. The van der Waals surface area contributed by atoms with Crippen LogP contribution < -0.4 is 4.74 Å². The number of alkyl halides is 3. The van der Waals surface area contributed by atoms with Gasteiger partial charge in [-0.2, -0.15) is 13.2 Å². The second-order valence-corrected chi connectivity index (χ2v) is 6.83. The van der Waals surface area contributed by atoms with Crippen LogP contribution in [-0.2, 0) is 20.8 Å². The number of aliphatic carboxylic acids is 1. The van der Waals surface area contributed by atoms with Gasteiger partial charge in [0.2, 0.25) is 0 Å². The largest absolute Gasteiger partial charge is 0.497 e. The van der Waals surface area contributed by atoms with E-state index in [1.807, 2.05) is 12.1 Å². The summed E-state index contributed by atoms with van der Waals surface area (Å²) in [6, 6.07) is 8.35. The van der Waals surface area contributed by atoms with E-state index < -0.39 is 12.1 Å². The molecule has 2 aliphatic heterocycles. The first-order valence-corrected chi connectivity index (χ1v) is 8.42. The number of rotatable bonds is 5. The number of likely N-dealkylation sites (tertiary alicyclic amines) is 1. The van der Waals surface area contributed by atoms with Crippen LogP contribution in [0.25, 0.3) is 0 Å². The predicted octanol–water partition coefficient (Wildman–Crippen LogP) is 2.42. The van der Waals surface area contributed by atoms with Gasteiger partial charge in [-0.15, -0.1) is 0 Å². The maximum Gasteiger partial charge on any atom is 0.490 e. The molecule has 2 atom stereocenters. The zero-order valence-corrected chi connectivity index (χ0v) is 15.3. The highest BCUT2D eigenvalue weighted by atomic mass is 19.4. The molecule has 0 unspecified atom stereocenters. The van der Waals surface area contributed by atoms with Crippen molar-refractivity contribution in [1.82, 2.24) is 4.90 Å². The smallest absolute Gasteiger partial charge is 0.490 e. The Hall–Kier alpha value is -1.84. The van der Waals surface area contributed by atoms with E-state index in [1.165, 1.54) is 5.56 Å². The summed E-state index contributed by atoms with van der Waals surface area (Å²) in [6.07, 6.45) is -5.08. The number of methoxy groups -OCH3 is 2. The summed E-state index contributed by atoms with van der Waals surface area (Å²) < 4.78 is 48.0. The number of carbonyl (C=O) groups is 1. The molecule has 2 heterocycles. The van der Waals surface area contributed by atoms with Gasteiger partial charge < -0.3 is 19.3 Å². The Balaban J connectivity index is 0.000000321. The van der Waals surface area contributed by atoms with Gasteiger partial charge in [0, 0.05) is 38.1 Å². The van der Waals surface area contributed by atoms with E-state index in [0.717, 1.165) is 45.2 Å². The Morgan fingerprint density at radius 3 is 2.48 bits per heavy atom. The fraction of sp³-hybridized carbons (Fsp3) is 0.611. The van der Waals surface area contributed by atoms with Crippen molar-refractivity contribution < 1.29 is 37.3 Å². The Labute approximate surface area is 155 Å². The zero-order valence-electron chi connectivity index (χ0n) is 15.3. The fourth-order valence-electron chi connectivity index (χ4n) is 3.54. The Morgan fingerprint density at radius 2 is 1.96 bits per heavy atom. The highest BCUT2D eigenvalue weighted by molar-refractivity contribution is 5.73. The number of nitrogens with zero attached hydrogens (tertiary/aromatic N) is 1. The molecule has 27 heavy (non-hydrogen) atoms. The van der Waals surface area contributed by atoms with Gasteiger partial charge in [0.05, 0.1) is 26.9 Å². The summed E-state index contributed by atoms with van der Waals surface area (Å²) in [7, 11) is 3.49. The van der Waals surface area contributed by atoms with Crippen molar-refractivity contribution in [3.8, 4) is 5.75 Å². The minimum absolute atomic E-state index is 0.210. The first-order valence-electron chi connectivity index (χ1n) is 8.42. The van der Waals surface area contributed by atoms with Crippen molar-refractivity contribution in [2.75, 3.05) is 47.1 Å². The third kappa shape index (κ3) is 5.57. The van der Waals surface area contributed by atoms with Crippen molar-refractivity contribution in [1.29, 1.82) is 0 Å². The van der Waals surface area contributed by atoms with Crippen LogP contribution in [0, 0.1) is 11.3 Å². The van der Waals surface area contributed by atoms with Gasteiger partial charge in [-0.05, 0) is 17.7 Å². The summed E-state index contributed by atoms with van der Waals surface area (Å²) in [5.74, 6) is -1.23. The molecular formula is C18H24F3NO5. The van der Waals surface area contributed by atoms with Gasteiger partial charge in [-0.1, -0.05) is 12.1 Å². The molecule has 0 amide bonds.